The molecule has 0 aromatic heterocycles. The molecule has 0 radical (unpaired) electrons. The number of aliphatic hydroxyl groups is 1. The van der Waals surface area contributed by atoms with Crippen LogP contribution in [0, 0.1) is 0 Å². The van der Waals surface area contributed by atoms with E-state index >= 15 is 0 Å². The van der Waals surface area contributed by atoms with Crippen LogP contribution >= 0.6 is 22.6 Å². The van der Waals surface area contributed by atoms with Crippen molar-refractivity contribution < 1.29 is 19.3 Å². The van der Waals surface area contributed by atoms with Crippen LogP contribution in [0.2, 0.25) is 0 Å². The van der Waals surface area contributed by atoms with E-state index in [9.17, 15) is 5.11 Å². The highest BCUT2D eigenvalue weighted by atomic mass is 127. The van der Waals surface area contributed by atoms with Gasteiger partial charge in [-0.2, -0.15) is 0 Å². The van der Waals surface area contributed by atoms with Gasteiger partial charge in [0.25, 0.3) is 0 Å². The molecule has 0 bridgehead atoms. The van der Waals surface area contributed by atoms with Crippen LogP contribution in [-0.4, -0.2) is 35.3 Å². The van der Waals surface area contributed by atoms with E-state index in [1.807, 2.05) is 50.3 Å². The van der Waals surface area contributed by atoms with Crippen molar-refractivity contribution in [1.82, 2.24) is 0 Å². The molecule has 1 aromatic rings. The SMILES string of the molecule is CC1(C)O[C@H]2[C@H](O)[C@@H](OCc3ccccc3)C=C(I)[C@H]2O1. The number of ether oxygens (including phenoxy) is 3. The van der Waals surface area contributed by atoms with Crippen molar-refractivity contribution in [2.24, 2.45) is 0 Å². The first-order valence-corrected chi connectivity index (χ1v) is 8.10. The highest BCUT2D eigenvalue weighted by Gasteiger charge is 2.50. The molecule has 1 fully saturated rings. The van der Waals surface area contributed by atoms with Crippen LogP contribution in [0.4, 0.5) is 0 Å². The molecule has 2 aliphatic rings. The Bertz CT molecular complexity index is 528. The highest BCUT2D eigenvalue weighted by molar-refractivity contribution is 14.1. The van der Waals surface area contributed by atoms with Gasteiger partial charge in [0, 0.05) is 3.58 Å². The lowest BCUT2D eigenvalue weighted by molar-refractivity contribution is -0.161. The van der Waals surface area contributed by atoms with Crippen LogP contribution in [0.25, 0.3) is 0 Å². The van der Waals surface area contributed by atoms with Crippen LogP contribution in [0.1, 0.15) is 19.4 Å². The van der Waals surface area contributed by atoms with Gasteiger partial charge in [-0.1, -0.05) is 30.3 Å². The second-order valence-electron chi connectivity index (χ2n) is 5.82. The summed E-state index contributed by atoms with van der Waals surface area (Å²) in [6, 6.07) is 9.93. The van der Waals surface area contributed by atoms with Crippen molar-refractivity contribution in [2.75, 3.05) is 0 Å². The molecule has 4 nitrogen and oxygen atoms in total. The molecule has 0 amide bonds. The maximum atomic E-state index is 10.5. The lowest BCUT2D eigenvalue weighted by Crippen LogP contribution is -2.47. The topological polar surface area (TPSA) is 47.9 Å². The Balaban J connectivity index is 1.70. The minimum atomic E-state index is -0.723. The number of benzene rings is 1. The molecule has 1 heterocycles. The third-order valence-corrected chi connectivity index (χ3v) is 4.66. The smallest absolute Gasteiger partial charge is 0.164 e. The van der Waals surface area contributed by atoms with E-state index in [2.05, 4.69) is 22.6 Å². The fraction of sp³-hybridized carbons (Fsp3) is 0.500. The first-order chi connectivity index (χ1) is 9.96. The summed E-state index contributed by atoms with van der Waals surface area (Å²) in [4.78, 5) is 0. The molecule has 1 aliphatic carbocycles. The number of aliphatic hydroxyl groups excluding tert-OH is 1. The molecule has 0 unspecified atom stereocenters. The summed E-state index contributed by atoms with van der Waals surface area (Å²) in [6.07, 6.45) is 0.250. The number of rotatable bonds is 3. The number of hydrogen-bond acceptors (Lipinski definition) is 4. The van der Waals surface area contributed by atoms with Gasteiger partial charge in [0.05, 0.1) is 6.61 Å². The molecular weight excluding hydrogens is 383 g/mol. The van der Waals surface area contributed by atoms with Crippen LogP contribution in [0.3, 0.4) is 0 Å². The van der Waals surface area contributed by atoms with E-state index in [0.29, 0.717) is 6.61 Å². The molecule has 1 N–H and O–H groups in total. The Hall–Kier alpha value is -0.470. The zero-order chi connectivity index (χ0) is 15.0. The van der Waals surface area contributed by atoms with Gasteiger partial charge in [0.1, 0.15) is 24.4 Å². The minimum Gasteiger partial charge on any atom is -0.387 e. The molecule has 114 valence electrons. The van der Waals surface area contributed by atoms with Crippen LogP contribution < -0.4 is 0 Å². The van der Waals surface area contributed by atoms with Gasteiger partial charge >= 0.3 is 0 Å². The molecule has 4 atom stereocenters. The van der Waals surface area contributed by atoms with E-state index in [1.165, 1.54) is 0 Å². The molecule has 5 heteroatoms. The lowest BCUT2D eigenvalue weighted by Gasteiger charge is -2.32. The van der Waals surface area contributed by atoms with Crippen molar-refractivity contribution in [1.29, 1.82) is 0 Å². The Morgan fingerprint density at radius 2 is 1.95 bits per heavy atom. The Morgan fingerprint density at radius 3 is 2.67 bits per heavy atom. The van der Waals surface area contributed by atoms with E-state index in [-0.39, 0.29) is 18.3 Å². The first kappa shape index (κ1) is 15.4. The van der Waals surface area contributed by atoms with Gasteiger partial charge in [-0.3, -0.25) is 0 Å². The molecule has 1 aliphatic heterocycles. The van der Waals surface area contributed by atoms with Gasteiger partial charge in [-0.15, -0.1) is 0 Å². The van der Waals surface area contributed by atoms with Crippen LogP contribution in [0.5, 0.6) is 0 Å². The second-order valence-corrected chi connectivity index (χ2v) is 7.07. The first-order valence-electron chi connectivity index (χ1n) is 7.03. The molecule has 0 saturated carbocycles. The van der Waals surface area contributed by atoms with Crippen molar-refractivity contribution in [3.63, 3.8) is 0 Å². The quantitative estimate of drug-likeness (QED) is 0.791. The second kappa shape index (κ2) is 5.96. The minimum absolute atomic E-state index is 0.202. The van der Waals surface area contributed by atoms with Gasteiger partial charge < -0.3 is 19.3 Å². The highest BCUT2D eigenvalue weighted by Crippen LogP contribution is 2.40. The van der Waals surface area contributed by atoms with Crippen molar-refractivity contribution in [2.45, 2.75) is 50.7 Å². The van der Waals surface area contributed by atoms with Crippen molar-refractivity contribution in [3.05, 3.63) is 45.6 Å². The molecule has 0 spiro atoms. The Morgan fingerprint density at radius 1 is 1.24 bits per heavy atom. The van der Waals surface area contributed by atoms with Gasteiger partial charge in [0.15, 0.2) is 5.79 Å². The fourth-order valence-electron chi connectivity index (χ4n) is 2.70. The Labute approximate surface area is 138 Å². The summed E-state index contributed by atoms with van der Waals surface area (Å²) in [5.74, 6) is -0.672. The summed E-state index contributed by atoms with van der Waals surface area (Å²) in [7, 11) is 0. The molecule has 21 heavy (non-hydrogen) atoms. The summed E-state index contributed by atoms with van der Waals surface area (Å²) >= 11 is 2.24. The fourth-order valence-corrected chi connectivity index (χ4v) is 3.54. The maximum Gasteiger partial charge on any atom is 0.164 e. The van der Waals surface area contributed by atoms with Gasteiger partial charge in [-0.25, -0.2) is 0 Å². The van der Waals surface area contributed by atoms with Gasteiger partial charge in [0.2, 0.25) is 0 Å². The largest absolute Gasteiger partial charge is 0.387 e. The third-order valence-electron chi connectivity index (χ3n) is 3.68. The zero-order valence-electron chi connectivity index (χ0n) is 12.0. The normalized spacial score (nSPS) is 34.4. The van der Waals surface area contributed by atoms with Crippen molar-refractivity contribution >= 4 is 22.6 Å². The zero-order valence-corrected chi connectivity index (χ0v) is 14.2. The average molecular weight is 402 g/mol. The summed E-state index contributed by atoms with van der Waals surface area (Å²) < 4.78 is 18.5. The average Bonchev–Trinajstić information content (AvgIpc) is 2.79. The summed E-state index contributed by atoms with van der Waals surface area (Å²) in [6.45, 7) is 4.19. The van der Waals surface area contributed by atoms with Gasteiger partial charge in [-0.05, 0) is 48.1 Å². The predicted molar refractivity (Wildman–Crippen MR) is 87.0 cm³/mol. The third kappa shape index (κ3) is 3.32. The Kier molecular flexibility index (Phi) is 4.38. The molecule has 1 saturated heterocycles. The van der Waals surface area contributed by atoms with Crippen LogP contribution in [0.15, 0.2) is 40.0 Å². The van der Waals surface area contributed by atoms with E-state index < -0.39 is 11.9 Å². The number of hydrogen-bond donors (Lipinski definition) is 1. The maximum absolute atomic E-state index is 10.5. The molecule has 3 rings (SSSR count). The van der Waals surface area contributed by atoms with E-state index in [4.69, 9.17) is 14.2 Å². The van der Waals surface area contributed by atoms with E-state index in [1.54, 1.807) is 0 Å². The lowest BCUT2D eigenvalue weighted by atomic mass is 9.96. The summed E-state index contributed by atoms with van der Waals surface area (Å²) in [5, 5.41) is 10.5. The molecular formula is C16H19IO4. The standard InChI is InChI=1S/C16H19IO4/c1-16(2)20-14-11(17)8-12(13(18)15(14)21-16)19-9-10-6-4-3-5-7-10/h3-8,12-15,18H,9H2,1-2H3/t12-,13+,14+,15-/m0/s1. The van der Waals surface area contributed by atoms with Crippen LogP contribution in [-0.2, 0) is 20.8 Å². The molecule has 1 aromatic carbocycles. The predicted octanol–water partition coefficient (Wildman–Crippen LogP) is 2.79. The monoisotopic (exact) mass is 402 g/mol. The van der Waals surface area contributed by atoms with E-state index in [0.717, 1.165) is 9.14 Å². The van der Waals surface area contributed by atoms with Crippen molar-refractivity contribution in [3.8, 4) is 0 Å². The summed E-state index contributed by atoms with van der Waals surface area (Å²) in [5.41, 5.74) is 1.08. The number of halogens is 1. The number of fused-ring (bicyclic) bond motifs is 1.